The van der Waals surface area contributed by atoms with E-state index in [0.717, 1.165) is 18.4 Å². The number of halogens is 1. The van der Waals surface area contributed by atoms with Gasteiger partial charge in [-0.2, -0.15) is 0 Å². The summed E-state index contributed by atoms with van der Waals surface area (Å²) in [5, 5.41) is 0.427. The van der Waals surface area contributed by atoms with Crippen LogP contribution < -0.4 is 14.2 Å². The average molecular weight is 441 g/mol. The van der Waals surface area contributed by atoms with Crippen LogP contribution in [-0.2, 0) is 10.8 Å². The molecule has 1 aliphatic heterocycles. The minimum absolute atomic E-state index is 0.00543. The number of carbonyl (C=O) groups excluding carboxylic acids is 1. The van der Waals surface area contributed by atoms with Gasteiger partial charge in [-0.25, -0.2) is 0 Å². The first kappa shape index (κ1) is 21.8. The van der Waals surface area contributed by atoms with Gasteiger partial charge in [0.05, 0.1) is 24.8 Å². The van der Waals surface area contributed by atoms with Gasteiger partial charge < -0.3 is 14.2 Å². The first-order valence-electron chi connectivity index (χ1n) is 10.6. The van der Waals surface area contributed by atoms with Crippen LogP contribution in [0.25, 0.3) is 6.08 Å². The van der Waals surface area contributed by atoms with Crippen molar-refractivity contribution in [2.24, 2.45) is 0 Å². The minimum atomic E-state index is -0.00543. The number of rotatable bonds is 3. The quantitative estimate of drug-likeness (QED) is 0.520. The molecular formula is C26H29ClO4. The summed E-state index contributed by atoms with van der Waals surface area (Å²) >= 11 is 6.34. The lowest BCUT2D eigenvalue weighted by Gasteiger charge is -2.42. The number of methoxy groups -OCH3 is 2. The Morgan fingerprint density at radius 3 is 2.23 bits per heavy atom. The number of ether oxygens (including phenoxy) is 3. The van der Waals surface area contributed by atoms with Crippen molar-refractivity contribution in [3.05, 3.63) is 57.1 Å². The minimum Gasteiger partial charge on any atom is -0.493 e. The van der Waals surface area contributed by atoms with Gasteiger partial charge in [0.1, 0.15) is 12.4 Å². The summed E-state index contributed by atoms with van der Waals surface area (Å²) in [6.07, 6.45) is 4.02. The van der Waals surface area contributed by atoms with E-state index >= 15 is 0 Å². The fourth-order valence-corrected chi connectivity index (χ4v) is 4.91. The molecule has 0 bridgehead atoms. The molecule has 31 heavy (non-hydrogen) atoms. The fraction of sp³-hybridized carbons (Fsp3) is 0.423. The fourth-order valence-electron chi connectivity index (χ4n) is 4.61. The number of ketones is 1. The molecule has 0 amide bonds. The maximum Gasteiger partial charge on any atom is 0.196 e. The third-order valence-corrected chi connectivity index (χ3v) is 6.95. The predicted octanol–water partition coefficient (Wildman–Crippen LogP) is 6.36. The highest BCUT2D eigenvalue weighted by Crippen LogP contribution is 2.48. The molecule has 2 aliphatic rings. The molecule has 0 saturated heterocycles. The summed E-state index contributed by atoms with van der Waals surface area (Å²) in [6, 6.07) is 7.71. The molecule has 164 valence electrons. The van der Waals surface area contributed by atoms with E-state index in [0.29, 0.717) is 33.4 Å². The molecule has 0 unspecified atom stereocenters. The van der Waals surface area contributed by atoms with Crippen molar-refractivity contribution >= 4 is 23.5 Å². The normalized spacial score (nSPS) is 20.0. The van der Waals surface area contributed by atoms with Crippen LogP contribution in [0.15, 0.2) is 29.8 Å². The summed E-state index contributed by atoms with van der Waals surface area (Å²) < 4.78 is 16.7. The standard InChI is InChI=1S/C26H29ClO4/c1-25(2)7-8-26(3,4)19-13-21-17(12-18(19)25)23(28)16(14-31-21)9-15-10-20(27)24(30-6)22(11-15)29-5/h9-13H,7-8,14H2,1-6H3/b16-9+. The third kappa shape index (κ3) is 3.71. The molecule has 2 aromatic rings. The molecule has 0 spiro atoms. The molecule has 4 rings (SSSR count). The lowest BCUT2D eigenvalue weighted by Crippen LogP contribution is -2.34. The smallest absolute Gasteiger partial charge is 0.196 e. The van der Waals surface area contributed by atoms with Gasteiger partial charge in [-0.1, -0.05) is 39.3 Å². The Bertz CT molecular complexity index is 1100. The molecule has 1 heterocycles. The van der Waals surface area contributed by atoms with E-state index in [1.165, 1.54) is 11.1 Å². The van der Waals surface area contributed by atoms with Crippen molar-refractivity contribution in [2.45, 2.75) is 51.4 Å². The van der Waals surface area contributed by atoms with Crippen molar-refractivity contribution in [1.29, 1.82) is 0 Å². The van der Waals surface area contributed by atoms with Gasteiger partial charge in [-0.3, -0.25) is 4.79 Å². The first-order chi connectivity index (χ1) is 14.6. The number of hydrogen-bond donors (Lipinski definition) is 0. The Morgan fingerprint density at radius 1 is 0.968 bits per heavy atom. The van der Waals surface area contributed by atoms with Gasteiger partial charge >= 0.3 is 0 Å². The van der Waals surface area contributed by atoms with E-state index in [2.05, 4.69) is 39.8 Å². The molecule has 2 aromatic carbocycles. The zero-order valence-electron chi connectivity index (χ0n) is 19.0. The molecule has 4 nitrogen and oxygen atoms in total. The van der Waals surface area contributed by atoms with Crippen LogP contribution in [-0.4, -0.2) is 26.6 Å². The SMILES string of the molecule is COc1cc(/C=C2\COc3cc4c(cc3C2=O)C(C)(C)CCC4(C)C)cc(Cl)c1OC. The monoisotopic (exact) mass is 440 g/mol. The molecule has 0 N–H and O–H groups in total. The van der Waals surface area contributed by atoms with Gasteiger partial charge in [-0.05, 0) is 70.7 Å². The van der Waals surface area contributed by atoms with Gasteiger partial charge in [0, 0.05) is 5.57 Å². The van der Waals surface area contributed by atoms with Crippen LogP contribution in [0.4, 0.5) is 0 Å². The molecule has 1 aliphatic carbocycles. The summed E-state index contributed by atoms with van der Waals surface area (Å²) in [4.78, 5) is 13.4. The number of benzene rings is 2. The lowest BCUT2D eigenvalue weighted by molar-refractivity contribution is 0.1000. The highest BCUT2D eigenvalue weighted by Gasteiger charge is 2.39. The summed E-state index contributed by atoms with van der Waals surface area (Å²) in [6.45, 7) is 9.27. The zero-order chi connectivity index (χ0) is 22.6. The topological polar surface area (TPSA) is 44.8 Å². The largest absolute Gasteiger partial charge is 0.493 e. The summed E-state index contributed by atoms with van der Waals surface area (Å²) in [5.41, 5.74) is 4.61. The zero-order valence-corrected chi connectivity index (χ0v) is 19.8. The molecular weight excluding hydrogens is 412 g/mol. The van der Waals surface area contributed by atoms with Crippen molar-refractivity contribution < 1.29 is 19.0 Å². The lowest BCUT2D eigenvalue weighted by atomic mass is 9.62. The van der Waals surface area contributed by atoms with E-state index in [1.54, 1.807) is 26.4 Å². The Balaban J connectivity index is 1.77. The maximum absolute atomic E-state index is 13.4. The Morgan fingerprint density at radius 2 is 1.61 bits per heavy atom. The number of hydrogen-bond acceptors (Lipinski definition) is 4. The van der Waals surface area contributed by atoms with Gasteiger partial charge in [0.25, 0.3) is 0 Å². The van der Waals surface area contributed by atoms with Gasteiger partial charge in [-0.15, -0.1) is 0 Å². The van der Waals surface area contributed by atoms with Crippen LogP contribution in [0.3, 0.4) is 0 Å². The highest BCUT2D eigenvalue weighted by atomic mass is 35.5. The van der Waals surface area contributed by atoms with Crippen molar-refractivity contribution in [2.75, 3.05) is 20.8 Å². The second-order valence-electron chi connectivity index (χ2n) is 9.69. The number of fused-ring (bicyclic) bond motifs is 2. The van der Waals surface area contributed by atoms with Crippen LogP contribution >= 0.6 is 11.6 Å². The summed E-state index contributed by atoms with van der Waals surface area (Å²) in [7, 11) is 3.10. The van der Waals surface area contributed by atoms with Gasteiger partial charge in [0.2, 0.25) is 0 Å². The van der Waals surface area contributed by atoms with E-state index in [9.17, 15) is 4.79 Å². The molecule has 0 radical (unpaired) electrons. The van der Waals surface area contributed by atoms with E-state index in [4.69, 9.17) is 25.8 Å². The highest BCUT2D eigenvalue weighted by molar-refractivity contribution is 6.32. The van der Waals surface area contributed by atoms with Crippen LogP contribution in [0.1, 0.15) is 67.6 Å². The molecule has 0 atom stereocenters. The van der Waals surface area contributed by atoms with Crippen molar-refractivity contribution in [3.63, 3.8) is 0 Å². The van der Waals surface area contributed by atoms with Crippen molar-refractivity contribution in [1.82, 2.24) is 0 Å². The Kier molecular flexibility index (Phi) is 5.33. The van der Waals surface area contributed by atoms with E-state index in [1.807, 2.05) is 6.08 Å². The molecule has 5 heteroatoms. The second-order valence-corrected chi connectivity index (χ2v) is 10.1. The molecule has 0 saturated carbocycles. The Labute approximate surface area is 189 Å². The number of Topliss-reactive ketones (excluding diaryl/α,β-unsaturated/α-hetero) is 1. The third-order valence-electron chi connectivity index (χ3n) is 6.67. The van der Waals surface area contributed by atoms with Crippen molar-refractivity contribution in [3.8, 4) is 17.2 Å². The second kappa shape index (κ2) is 7.59. The van der Waals surface area contributed by atoms with Crippen LogP contribution in [0.5, 0.6) is 17.2 Å². The predicted molar refractivity (Wildman–Crippen MR) is 124 cm³/mol. The maximum atomic E-state index is 13.4. The molecule has 0 fully saturated rings. The average Bonchev–Trinajstić information content (AvgIpc) is 2.72. The number of carbonyl (C=O) groups is 1. The van der Waals surface area contributed by atoms with E-state index in [-0.39, 0.29) is 23.2 Å². The Hall–Kier alpha value is -2.46. The first-order valence-corrected chi connectivity index (χ1v) is 10.9. The van der Waals surface area contributed by atoms with E-state index < -0.39 is 0 Å². The van der Waals surface area contributed by atoms with Crippen LogP contribution in [0.2, 0.25) is 5.02 Å². The summed E-state index contributed by atoms with van der Waals surface area (Å²) in [5.74, 6) is 1.66. The van der Waals surface area contributed by atoms with Crippen LogP contribution in [0, 0.1) is 0 Å². The molecule has 0 aromatic heterocycles. The van der Waals surface area contributed by atoms with Gasteiger partial charge in [0.15, 0.2) is 17.3 Å².